The molecule has 0 aliphatic heterocycles. The van der Waals surface area contributed by atoms with Gasteiger partial charge in [-0.05, 0) is 39.0 Å². The second-order valence-corrected chi connectivity index (χ2v) is 4.66. The number of carboxylic acid groups (broad SMARTS) is 1. The molecular weight excluding hydrogens is 208 g/mol. The van der Waals surface area contributed by atoms with E-state index in [-0.39, 0.29) is 6.04 Å². The molecule has 5 heteroatoms. The molecule has 0 radical (unpaired) electrons. The molecule has 16 heavy (non-hydrogen) atoms. The Morgan fingerprint density at radius 2 is 2.00 bits per heavy atom. The van der Waals surface area contributed by atoms with Crippen molar-refractivity contribution in [3.8, 4) is 0 Å². The summed E-state index contributed by atoms with van der Waals surface area (Å²) in [6.07, 6.45) is 4.59. The summed E-state index contributed by atoms with van der Waals surface area (Å²) >= 11 is 0. The summed E-state index contributed by atoms with van der Waals surface area (Å²) in [6.45, 7) is 2.38. The largest absolute Gasteiger partial charge is 0.465 e. The van der Waals surface area contributed by atoms with Crippen LogP contribution in [-0.4, -0.2) is 34.6 Å². The summed E-state index contributed by atoms with van der Waals surface area (Å²) in [5.41, 5.74) is -0.735. The molecule has 1 aliphatic carbocycles. The van der Waals surface area contributed by atoms with Crippen molar-refractivity contribution in [3.05, 3.63) is 0 Å². The van der Waals surface area contributed by atoms with Crippen molar-refractivity contribution in [2.75, 3.05) is 6.54 Å². The molecule has 1 atom stereocenters. The van der Waals surface area contributed by atoms with Gasteiger partial charge >= 0.3 is 6.09 Å². The number of hydrogen-bond donors (Lipinski definition) is 4. The van der Waals surface area contributed by atoms with Crippen molar-refractivity contribution in [2.45, 2.75) is 57.2 Å². The van der Waals surface area contributed by atoms with Crippen LogP contribution in [0.2, 0.25) is 0 Å². The van der Waals surface area contributed by atoms with Crippen LogP contribution >= 0.6 is 0 Å². The predicted molar refractivity (Wildman–Crippen MR) is 61.3 cm³/mol. The van der Waals surface area contributed by atoms with E-state index in [1.165, 1.54) is 6.42 Å². The molecule has 0 heterocycles. The minimum absolute atomic E-state index is 0.120. The molecule has 0 aromatic heterocycles. The van der Waals surface area contributed by atoms with E-state index in [1.54, 1.807) is 0 Å². The van der Waals surface area contributed by atoms with Gasteiger partial charge in [-0.3, -0.25) is 5.32 Å². The Kier molecular flexibility index (Phi) is 5.02. The molecule has 1 fully saturated rings. The lowest BCUT2D eigenvalue weighted by atomic mass is 9.91. The molecule has 0 aromatic carbocycles. The predicted octanol–water partition coefficient (Wildman–Crippen LogP) is 1.27. The Bertz CT molecular complexity index is 227. The van der Waals surface area contributed by atoms with Crippen molar-refractivity contribution in [2.24, 2.45) is 0 Å². The Balaban J connectivity index is 2.21. The van der Waals surface area contributed by atoms with Crippen molar-refractivity contribution in [3.63, 3.8) is 0 Å². The number of amides is 1. The quantitative estimate of drug-likeness (QED) is 0.536. The molecule has 1 unspecified atom stereocenters. The van der Waals surface area contributed by atoms with E-state index >= 15 is 0 Å². The van der Waals surface area contributed by atoms with Gasteiger partial charge in [-0.2, -0.15) is 0 Å². The molecule has 5 nitrogen and oxygen atoms in total. The fourth-order valence-electron chi connectivity index (χ4n) is 2.21. The van der Waals surface area contributed by atoms with E-state index in [0.29, 0.717) is 13.0 Å². The minimum Gasteiger partial charge on any atom is -0.465 e. The van der Waals surface area contributed by atoms with Gasteiger partial charge in [0.15, 0.2) is 0 Å². The van der Waals surface area contributed by atoms with Crippen LogP contribution in [0.5, 0.6) is 0 Å². The highest BCUT2D eigenvalue weighted by Gasteiger charge is 2.29. The average Bonchev–Trinajstić information content (AvgIpc) is 2.17. The van der Waals surface area contributed by atoms with Gasteiger partial charge in [0.05, 0.1) is 0 Å². The molecule has 0 spiro atoms. The van der Waals surface area contributed by atoms with Crippen LogP contribution < -0.4 is 10.6 Å². The molecule has 94 valence electrons. The first kappa shape index (κ1) is 13.3. The van der Waals surface area contributed by atoms with Crippen molar-refractivity contribution >= 4 is 6.09 Å². The number of aliphatic hydroxyl groups is 1. The maximum atomic E-state index is 10.3. The zero-order chi connectivity index (χ0) is 12.0. The molecule has 1 saturated carbocycles. The van der Waals surface area contributed by atoms with E-state index < -0.39 is 11.8 Å². The van der Waals surface area contributed by atoms with Gasteiger partial charge < -0.3 is 15.5 Å². The van der Waals surface area contributed by atoms with Crippen LogP contribution in [0.4, 0.5) is 4.79 Å². The molecule has 0 bridgehead atoms. The van der Waals surface area contributed by atoms with Crippen LogP contribution in [0.25, 0.3) is 0 Å². The summed E-state index contributed by atoms with van der Waals surface area (Å²) in [6, 6.07) is 0.120. The SMILES string of the molecule is CC(CCNC(=O)O)NC1(O)CCCCC1. The second kappa shape index (κ2) is 6.06. The van der Waals surface area contributed by atoms with Gasteiger partial charge in [0, 0.05) is 12.6 Å². The fourth-order valence-corrected chi connectivity index (χ4v) is 2.21. The zero-order valence-corrected chi connectivity index (χ0v) is 9.83. The van der Waals surface area contributed by atoms with E-state index in [9.17, 15) is 9.90 Å². The highest BCUT2D eigenvalue weighted by molar-refractivity contribution is 5.64. The van der Waals surface area contributed by atoms with Crippen LogP contribution in [0.1, 0.15) is 45.4 Å². The topological polar surface area (TPSA) is 81.6 Å². The number of rotatable bonds is 5. The van der Waals surface area contributed by atoms with Gasteiger partial charge in [0.1, 0.15) is 5.72 Å². The molecule has 4 N–H and O–H groups in total. The normalized spacial score (nSPS) is 21.4. The smallest absolute Gasteiger partial charge is 0.404 e. The minimum atomic E-state index is -0.997. The number of hydrogen-bond acceptors (Lipinski definition) is 3. The standard InChI is InChI=1S/C11H22N2O3/c1-9(5-8-12-10(14)15)13-11(16)6-3-2-4-7-11/h9,12-13,16H,2-8H2,1H3,(H,14,15). The molecule has 1 rings (SSSR count). The molecule has 0 saturated heterocycles. The third-order valence-electron chi connectivity index (χ3n) is 3.05. The second-order valence-electron chi connectivity index (χ2n) is 4.66. The van der Waals surface area contributed by atoms with Crippen LogP contribution in [0.15, 0.2) is 0 Å². The molecule has 1 aliphatic rings. The molecule has 1 amide bonds. The van der Waals surface area contributed by atoms with Crippen molar-refractivity contribution < 1.29 is 15.0 Å². The summed E-state index contributed by atoms with van der Waals surface area (Å²) in [5, 5.41) is 24.1. The molecule has 0 aromatic rings. The lowest BCUT2D eigenvalue weighted by Gasteiger charge is -2.35. The Labute approximate surface area is 96.2 Å². The summed E-state index contributed by atoms with van der Waals surface area (Å²) in [4.78, 5) is 10.3. The van der Waals surface area contributed by atoms with Crippen LogP contribution in [0.3, 0.4) is 0 Å². The Morgan fingerprint density at radius 3 is 2.56 bits per heavy atom. The first-order valence-corrected chi connectivity index (χ1v) is 5.99. The summed E-state index contributed by atoms with van der Waals surface area (Å²) in [7, 11) is 0. The fraction of sp³-hybridized carbons (Fsp3) is 0.909. The van der Waals surface area contributed by atoms with Gasteiger partial charge in [-0.15, -0.1) is 0 Å². The van der Waals surface area contributed by atoms with Gasteiger partial charge in [-0.1, -0.05) is 6.42 Å². The van der Waals surface area contributed by atoms with Crippen molar-refractivity contribution in [1.82, 2.24) is 10.6 Å². The first-order chi connectivity index (χ1) is 7.52. The number of nitrogens with one attached hydrogen (secondary N) is 2. The van der Waals surface area contributed by atoms with Crippen LogP contribution in [-0.2, 0) is 0 Å². The highest BCUT2D eigenvalue weighted by atomic mass is 16.4. The van der Waals surface area contributed by atoms with Gasteiger partial charge in [-0.25, -0.2) is 4.79 Å². The van der Waals surface area contributed by atoms with E-state index in [0.717, 1.165) is 25.7 Å². The third-order valence-corrected chi connectivity index (χ3v) is 3.05. The summed E-state index contributed by atoms with van der Waals surface area (Å²) in [5.74, 6) is 0. The van der Waals surface area contributed by atoms with E-state index in [2.05, 4.69) is 10.6 Å². The Hall–Kier alpha value is -0.810. The first-order valence-electron chi connectivity index (χ1n) is 5.99. The van der Waals surface area contributed by atoms with E-state index in [1.807, 2.05) is 6.92 Å². The third kappa shape index (κ3) is 4.81. The maximum Gasteiger partial charge on any atom is 0.404 e. The number of carbonyl (C=O) groups is 1. The maximum absolute atomic E-state index is 10.3. The monoisotopic (exact) mass is 230 g/mol. The average molecular weight is 230 g/mol. The van der Waals surface area contributed by atoms with Gasteiger partial charge in [0.25, 0.3) is 0 Å². The van der Waals surface area contributed by atoms with E-state index in [4.69, 9.17) is 5.11 Å². The lowest BCUT2D eigenvalue weighted by Crippen LogP contribution is -2.51. The van der Waals surface area contributed by atoms with Gasteiger partial charge in [0.2, 0.25) is 0 Å². The highest BCUT2D eigenvalue weighted by Crippen LogP contribution is 2.26. The summed E-state index contributed by atoms with van der Waals surface area (Å²) < 4.78 is 0. The van der Waals surface area contributed by atoms with Crippen LogP contribution in [0, 0.1) is 0 Å². The lowest BCUT2D eigenvalue weighted by molar-refractivity contribution is -0.0365. The Morgan fingerprint density at radius 1 is 1.38 bits per heavy atom. The zero-order valence-electron chi connectivity index (χ0n) is 9.83. The van der Waals surface area contributed by atoms with Crippen molar-refractivity contribution in [1.29, 1.82) is 0 Å². The molecular formula is C11H22N2O3.